The fourth-order valence-corrected chi connectivity index (χ4v) is 3.35. The quantitative estimate of drug-likeness (QED) is 0.716. The molecular weight excluding hydrogens is 254 g/mol. The molecule has 2 nitrogen and oxygen atoms in total. The van der Waals surface area contributed by atoms with Crippen molar-refractivity contribution in [1.82, 2.24) is 4.90 Å². The fraction of sp³-hybridized carbons (Fsp3) is 1.00. The number of hydrogen-bond donors (Lipinski definition) is 0. The molecule has 0 bridgehead atoms. The van der Waals surface area contributed by atoms with Gasteiger partial charge in [0.1, 0.15) is 0 Å². The van der Waals surface area contributed by atoms with Gasteiger partial charge in [-0.1, -0.05) is 15.9 Å². The molecule has 2 atom stereocenters. The van der Waals surface area contributed by atoms with Crippen LogP contribution in [0.1, 0.15) is 32.1 Å². The van der Waals surface area contributed by atoms with E-state index in [0.717, 1.165) is 17.9 Å². The standard InChI is InChI=1S/C12H22BrNO/c13-6-3-11-4-7-14(10-11)8-5-12-2-1-9-15-12/h11-12H,1-10H2. The fourth-order valence-electron chi connectivity index (χ4n) is 2.70. The minimum Gasteiger partial charge on any atom is -0.378 e. The Morgan fingerprint density at radius 2 is 2.20 bits per heavy atom. The molecule has 2 aliphatic heterocycles. The zero-order valence-electron chi connectivity index (χ0n) is 9.46. The van der Waals surface area contributed by atoms with E-state index in [1.54, 1.807) is 0 Å². The predicted octanol–water partition coefficient (Wildman–Crippen LogP) is 2.66. The van der Waals surface area contributed by atoms with Crippen molar-refractivity contribution in [3.63, 3.8) is 0 Å². The van der Waals surface area contributed by atoms with E-state index < -0.39 is 0 Å². The highest BCUT2D eigenvalue weighted by Crippen LogP contribution is 2.22. The number of alkyl halides is 1. The van der Waals surface area contributed by atoms with Crippen molar-refractivity contribution in [3.05, 3.63) is 0 Å². The smallest absolute Gasteiger partial charge is 0.0588 e. The van der Waals surface area contributed by atoms with Crippen LogP contribution in [0.5, 0.6) is 0 Å². The van der Waals surface area contributed by atoms with Gasteiger partial charge in [0.25, 0.3) is 0 Å². The maximum absolute atomic E-state index is 5.65. The van der Waals surface area contributed by atoms with Gasteiger partial charge in [-0.05, 0) is 44.6 Å². The molecule has 0 aromatic heterocycles. The van der Waals surface area contributed by atoms with Crippen LogP contribution in [-0.4, -0.2) is 42.6 Å². The molecule has 2 unspecified atom stereocenters. The van der Waals surface area contributed by atoms with Crippen molar-refractivity contribution in [1.29, 1.82) is 0 Å². The van der Waals surface area contributed by atoms with Crippen LogP contribution in [0.15, 0.2) is 0 Å². The van der Waals surface area contributed by atoms with Crippen molar-refractivity contribution >= 4 is 15.9 Å². The Morgan fingerprint density at radius 3 is 2.93 bits per heavy atom. The molecule has 0 radical (unpaired) electrons. The van der Waals surface area contributed by atoms with E-state index in [0.29, 0.717) is 6.10 Å². The summed E-state index contributed by atoms with van der Waals surface area (Å²) in [5.74, 6) is 0.939. The van der Waals surface area contributed by atoms with Gasteiger partial charge in [0.2, 0.25) is 0 Å². The molecule has 0 N–H and O–H groups in total. The third kappa shape index (κ3) is 3.72. The van der Waals surface area contributed by atoms with Crippen molar-refractivity contribution in [2.45, 2.75) is 38.2 Å². The summed E-state index contributed by atoms with van der Waals surface area (Å²) in [7, 11) is 0. The van der Waals surface area contributed by atoms with E-state index >= 15 is 0 Å². The van der Waals surface area contributed by atoms with Gasteiger partial charge in [0.15, 0.2) is 0 Å². The lowest BCUT2D eigenvalue weighted by Gasteiger charge is -2.18. The second-order valence-electron chi connectivity index (χ2n) is 4.86. The van der Waals surface area contributed by atoms with Crippen molar-refractivity contribution in [2.75, 3.05) is 31.6 Å². The molecule has 2 aliphatic rings. The Balaban J connectivity index is 1.59. The monoisotopic (exact) mass is 275 g/mol. The molecule has 0 amide bonds. The Hall–Kier alpha value is 0.400. The highest BCUT2D eigenvalue weighted by Gasteiger charge is 2.23. The van der Waals surface area contributed by atoms with Gasteiger partial charge in [-0.2, -0.15) is 0 Å². The summed E-state index contributed by atoms with van der Waals surface area (Å²) in [4.78, 5) is 2.62. The SMILES string of the molecule is BrCCC1CCN(CCC2CCCO2)C1. The van der Waals surface area contributed by atoms with Crippen molar-refractivity contribution in [3.8, 4) is 0 Å². The average molecular weight is 276 g/mol. The predicted molar refractivity (Wildman–Crippen MR) is 66.5 cm³/mol. The highest BCUT2D eigenvalue weighted by molar-refractivity contribution is 9.09. The second-order valence-corrected chi connectivity index (χ2v) is 5.65. The van der Waals surface area contributed by atoms with Crippen LogP contribution in [0.4, 0.5) is 0 Å². The molecular formula is C12H22BrNO. The Morgan fingerprint density at radius 1 is 1.27 bits per heavy atom. The normalized spacial score (nSPS) is 32.6. The number of halogens is 1. The Labute approximate surface area is 101 Å². The number of hydrogen-bond acceptors (Lipinski definition) is 2. The topological polar surface area (TPSA) is 12.5 Å². The number of likely N-dealkylation sites (tertiary alicyclic amines) is 1. The van der Waals surface area contributed by atoms with Gasteiger partial charge >= 0.3 is 0 Å². The number of ether oxygens (including phenoxy) is 1. The third-order valence-corrected chi connectivity index (χ3v) is 4.14. The third-order valence-electron chi connectivity index (χ3n) is 3.68. The Bertz CT molecular complexity index is 182. The van der Waals surface area contributed by atoms with Gasteiger partial charge in [0.05, 0.1) is 6.10 Å². The molecule has 15 heavy (non-hydrogen) atoms. The number of rotatable bonds is 5. The van der Waals surface area contributed by atoms with Gasteiger partial charge in [-0.15, -0.1) is 0 Å². The van der Waals surface area contributed by atoms with Gasteiger partial charge < -0.3 is 9.64 Å². The van der Waals surface area contributed by atoms with E-state index in [-0.39, 0.29) is 0 Å². The summed E-state index contributed by atoms with van der Waals surface area (Å²) in [5.41, 5.74) is 0. The first-order valence-corrected chi connectivity index (χ1v) is 7.40. The molecule has 2 heterocycles. The summed E-state index contributed by atoms with van der Waals surface area (Å²) in [6.07, 6.45) is 7.13. The summed E-state index contributed by atoms with van der Waals surface area (Å²) in [6.45, 7) is 4.88. The minimum atomic E-state index is 0.570. The molecule has 2 fully saturated rings. The molecule has 0 saturated carbocycles. The van der Waals surface area contributed by atoms with Crippen LogP contribution in [-0.2, 0) is 4.74 Å². The molecule has 2 saturated heterocycles. The lowest BCUT2D eigenvalue weighted by molar-refractivity contribution is 0.0945. The highest BCUT2D eigenvalue weighted by atomic mass is 79.9. The average Bonchev–Trinajstić information content (AvgIpc) is 2.85. The molecule has 88 valence electrons. The zero-order valence-corrected chi connectivity index (χ0v) is 11.0. The summed E-state index contributed by atoms with van der Waals surface area (Å²) in [6, 6.07) is 0. The van der Waals surface area contributed by atoms with Gasteiger partial charge in [-0.25, -0.2) is 0 Å². The van der Waals surface area contributed by atoms with E-state index in [2.05, 4.69) is 20.8 Å². The summed E-state index contributed by atoms with van der Waals surface area (Å²) < 4.78 is 5.65. The second kappa shape index (κ2) is 6.21. The van der Waals surface area contributed by atoms with Crippen LogP contribution < -0.4 is 0 Å². The van der Waals surface area contributed by atoms with Gasteiger partial charge in [0, 0.05) is 25.0 Å². The summed E-state index contributed by atoms with van der Waals surface area (Å²) >= 11 is 3.53. The van der Waals surface area contributed by atoms with Crippen LogP contribution >= 0.6 is 15.9 Å². The first kappa shape index (κ1) is 11.9. The molecule has 3 heteroatoms. The van der Waals surface area contributed by atoms with Crippen LogP contribution in [0.2, 0.25) is 0 Å². The van der Waals surface area contributed by atoms with E-state index in [9.17, 15) is 0 Å². The van der Waals surface area contributed by atoms with Crippen LogP contribution in [0.3, 0.4) is 0 Å². The molecule has 0 aliphatic carbocycles. The van der Waals surface area contributed by atoms with Crippen LogP contribution in [0.25, 0.3) is 0 Å². The maximum Gasteiger partial charge on any atom is 0.0588 e. The van der Waals surface area contributed by atoms with Crippen molar-refractivity contribution in [2.24, 2.45) is 5.92 Å². The van der Waals surface area contributed by atoms with Gasteiger partial charge in [-0.3, -0.25) is 0 Å². The molecule has 0 aromatic rings. The lowest BCUT2D eigenvalue weighted by Crippen LogP contribution is -2.25. The zero-order chi connectivity index (χ0) is 10.5. The van der Waals surface area contributed by atoms with E-state index in [4.69, 9.17) is 4.74 Å². The minimum absolute atomic E-state index is 0.570. The van der Waals surface area contributed by atoms with E-state index in [1.807, 2.05) is 0 Å². The Kier molecular flexibility index (Phi) is 4.92. The van der Waals surface area contributed by atoms with Crippen LogP contribution in [0, 0.1) is 5.92 Å². The first-order valence-electron chi connectivity index (χ1n) is 6.28. The molecule has 2 rings (SSSR count). The lowest BCUT2D eigenvalue weighted by atomic mass is 10.1. The largest absolute Gasteiger partial charge is 0.378 e. The first-order chi connectivity index (χ1) is 7.38. The van der Waals surface area contributed by atoms with E-state index in [1.165, 1.54) is 51.7 Å². The van der Waals surface area contributed by atoms with Crippen molar-refractivity contribution < 1.29 is 4.74 Å². The maximum atomic E-state index is 5.65. The molecule has 0 aromatic carbocycles. The number of nitrogens with zero attached hydrogens (tertiary/aromatic N) is 1. The summed E-state index contributed by atoms with van der Waals surface area (Å²) in [5, 5.41) is 1.16. The molecule has 0 spiro atoms.